The van der Waals surface area contributed by atoms with Crippen molar-refractivity contribution in [3.05, 3.63) is 94.5 Å². The molecule has 0 radical (unpaired) electrons. The molecule has 0 bridgehead atoms. The highest BCUT2D eigenvalue weighted by atomic mass is 16.5. The van der Waals surface area contributed by atoms with Gasteiger partial charge in [-0.3, -0.25) is 14.4 Å². The van der Waals surface area contributed by atoms with Crippen LogP contribution in [0, 0.1) is 12.8 Å². The van der Waals surface area contributed by atoms with Gasteiger partial charge in [-0.05, 0) is 60.7 Å². The third kappa shape index (κ3) is 6.40. The molecule has 38 heavy (non-hydrogen) atoms. The Kier molecular flexibility index (Phi) is 8.79. The first-order valence-electron chi connectivity index (χ1n) is 12.9. The summed E-state index contributed by atoms with van der Waals surface area (Å²) in [5.74, 6) is 0.838. The summed E-state index contributed by atoms with van der Waals surface area (Å²) in [5.41, 5.74) is 3.94. The van der Waals surface area contributed by atoms with E-state index in [1.165, 1.54) is 0 Å². The van der Waals surface area contributed by atoms with Crippen LogP contribution < -0.4 is 14.8 Å². The normalized spacial score (nSPS) is 13.6. The second kappa shape index (κ2) is 12.4. The van der Waals surface area contributed by atoms with Crippen LogP contribution in [0.5, 0.6) is 11.5 Å². The van der Waals surface area contributed by atoms with Gasteiger partial charge < -0.3 is 19.7 Å². The third-order valence-corrected chi connectivity index (χ3v) is 7.09. The van der Waals surface area contributed by atoms with Crippen molar-refractivity contribution in [3.8, 4) is 11.5 Å². The number of aryl methyl sites for hydroxylation is 1. The number of nitrogens with zero attached hydrogens (tertiary/aromatic N) is 1. The zero-order valence-electron chi connectivity index (χ0n) is 22.2. The van der Waals surface area contributed by atoms with Gasteiger partial charge >= 0.3 is 0 Å². The zero-order valence-corrected chi connectivity index (χ0v) is 22.2. The molecule has 3 aromatic carbocycles. The molecule has 4 rings (SSSR count). The Morgan fingerprint density at radius 3 is 2.39 bits per heavy atom. The van der Waals surface area contributed by atoms with Crippen LogP contribution >= 0.6 is 0 Å². The fraction of sp³-hybridized carbons (Fsp3) is 0.323. The number of methoxy groups -OCH3 is 1. The minimum absolute atomic E-state index is 0.113. The van der Waals surface area contributed by atoms with Crippen molar-refractivity contribution < 1.29 is 23.9 Å². The Morgan fingerprint density at radius 2 is 1.71 bits per heavy atom. The van der Waals surface area contributed by atoms with E-state index in [9.17, 15) is 14.4 Å². The van der Waals surface area contributed by atoms with Crippen molar-refractivity contribution in [2.45, 2.75) is 32.8 Å². The van der Waals surface area contributed by atoms with Crippen LogP contribution in [0.25, 0.3) is 0 Å². The number of carbonyl (C=O) groups is 3. The summed E-state index contributed by atoms with van der Waals surface area (Å²) in [6.45, 7) is 3.38. The number of amides is 2. The maximum Gasteiger partial charge on any atom is 0.257 e. The number of carbonyl (C=O) groups excluding carboxylic acids is 3. The average molecular weight is 515 g/mol. The zero-order chi connectivity index (χ0) is 27.1. The molecule has 0 atom stereocenters. The Hall–Kier alpha value is -4.13. The summed E-state index contributed by atoms with van der Waals surface area (Å²) in [5, 5.41) is 2.62. The Balaban J connectivity index is 1.35. The Labute approximate surface area is 223 Å². The van der Waals surface area contributed by atoms with Crippen LogP contribution in [0.2, 0.25) is 0 Å². The van der Waals surface area contributed by atoms with Gasteiger partial charge in [0.1, 0.15) is 23.9 Å². The molecule has 0 aromatic heterocycles. The summed E-state index contributed by atoms with van der Waals surface area (Å²) >= 11 is 0. The topological polar surface area (TPSA) is 84.9 Å². The van der Waals surface area contributed by atoms with Gasteiger partial charge in [-0.15, -0.1) is 0 Å². The molecule has 3 aromatic rings. The number of hydrogen-bond donors (Lipinski definition) is 1. The number of rotatable bonds is 9. The van der Waals surface area contributed by atoms with Crippen LogP contribution in [-0.2, 0) is 17.8 Å². The van der Waals surface area contributed by atoms with Gasteiger partial charge in [0, 0.05) is 44.1 Å². The summed E-state index contributed by atoms with van der Waals surface area (Å²) in [6.07, 6.45) is 1.51. The van der Waals surface area contributed by atoms with E-state index in [0.717, 1.165) is 16.7 Å². The number of ether oxygens (including phenoxy) is 2. The molecule has 1 saturated heterocycles. The van der Waals surface area contributed by atoms with E-state index >= 15 is 0 Å². The lowest BCUT2D eigenvalue weighted by atomic mass is 9.87. The molecule has 198 valence electrons. The van der Waals surface area contributed by atoms with Crippen LogP contribution in [0.3, 0.4) is 0 Å². The number of hydrogen-bond acceptors (Lipinski definition) is 5. The highest BCUT2D eigenvalue weighted by molar-refractivity contribution is 5.97. The highest BCUT2D eigenvalue weighted by Crippen LogP contribution is 2.29. The Morgan fingerprint density at radius 1 is 0.974 bits per heavy atom. The van der Waals surface area contributed by atoms with Gasteiger partial charge in [0.15, 0.2) is 0 Å². The van der Waals surface area contributed by atoms with Crippen LogP contribution in [0.4, 0.5) is 0 Å². The lowest BCUT2D eigenvalue weighted by Crippen LogP contribution is -2.40. The third-order valence-electron chi connectivity index (χ3n) is 7.09. The number of ketones is 1. The summed E-state index contributed by atoms with van der Waals surface area (Å²) in [6, 6.07) is 20.6. The van der Waals surface area contributed by atoms with Gasteiger partial charge in [0.05, 0.1) is 12.7 Å². The molecule has 2 amide bonds. The number of piperidine rings is 1. The van der Waals surface area contributed by atoms with Crippen molar-refractivity contribution in [1.82, 2.24) is 10.2 Å². The van der Waals surface area contributed by atoms with E-state index in [4.69, 9.17) is 9.47 Å². The average Bonchev–Trinajstić information content (AvgIpc) is 2.96. The first-order chi connectivity index (χ1) is 18.4. The molecule has 1 fully saturated rings. The Bertz CT molecular complexity index is 1300. The van der Waals surface area contributed by atoms with E-state index in [2.05, 4.69) is 5.32 Å². The van der Waals surface area contributed by atoms with Crippen molar-refractivity contribution in [3.63, 3.8) is 0 Å². The summed E-state index contributed by atoms with van der Waals surface area (Å²) in [4.78, 5) is 40.1. The molecular weight excluding hydrogens is 480 g/mol. The van der Waals surface area contributed by atoms with Crippen molar-refractivity contribution >= 4 is 17.6 Å². The molecule has 0 saturated carbocycles. The summed E-state index contributed by atoms with van der Waals surface area (Å²) in [7, 11) is 3.13. The SMILES string of the molecule is CNC(=O)c1ccc(C)c(CC(=O)C2CCN(C(=O)c3ccc(OCc4ccccc4)cc3OC)CC2)c1. The van der Waals surface area contributed by atoms with Crippen molar-refractivity contribution in [2.75, 3.05) is 27.2 Å². The predicted octanol–water partition coefficient (Wildman–Crippen LogP) is 4.61. The van der Waals surface area contributed by atoms with Gasteiger partial charge in [0.25, 0.3) is 11.8 Å². The maximum atomic E-state index is 13.3. The monoisotopic (exact) mass is 514 g/mol. The van der Waals surface area contributed by atoms with Crippen LogP contribution in [0.15, 0.2) is 66.7 Å². The molecule has 7 nitrogen and oxygen atoms in total. The van der Waals surface area contributed by atoms with Crippen molar-refractivity contribution in [1.29, 1.82) is 0 Å². The van der Waals surface area contributed by atoms with Crippen LogP contribution in [-0.4, -0.2) is 49.7 Å². The molecular formula is C31H34N2O5. The standard InChI is InChI=1S/C31H34N2O5/c1-21-9-10-24(30(35)32-2)17-25(21)18-28(34)23-13-15-33(16-14-23)31(36)27-12-11-26(19-29(27)37-3)38-20-22-7-5-4-6-8-22/h4-12,17,19,23H,13-16,18,20H2,1-3H3,(H,32,35). The molecule has 0 aliphatic carbocycles. The van der Waals surface area contributed by atoms with E-state index in [1.54, 1.807) is 49.4 Å². The van der Waals surface area contributed by atoms with Crippen molar-refractivity contribution in [2.24, 2.45) is 5.92 Å². The summed E-state index contributed by atoms with van der Waals surface area (Å²) < 4.78 is 11.4. The fourth-order valence-electron chi connectivity index (χ4n) is 4.73. The molecule has 7 heteroatoms. The van der Waals surface area contributed by atoms with Gasteiger partial charge in [-0.25, -0.2) is 0 Å². The molecule has 0 unspecified atom stereocenters. The largest absolute Gasteiger partial charge is 0.496 e. The highest BCUT2D eigenvalue weighted by Gasteiger charge is 2.29. The second-order valence-electron chi connectivity index (χ2n) is 9.57. The smallest absolute Gasteiger partial charge is 0.257 e. The molecule has 1 N–H and O–H groups in total. The number of nitrogens with one attached hydrogen (secondary N) is 1. The predicted molar refractivity (Wildman–Crippen MR) is 146 cm³/mol. The lowest BCUT2D eigenvalue weighted by Gasteiger charge is -2.32. The first kappa shape index (κ1) is 26.9. The van der Waals surface area contributed by atoms with Gasteiger partial charge in [0.2, 0.25) is 0 Å². The molecule has 0 spiro atoms. The second-order valence-corrected chi connectivity index (χ2v) is 9.57. The quantitative estimate of drug-likeness (QED) is 0.451. The minimum atomic E-state index is -0.170. The maximum absolute atomic E-state index is 13.3. The number of Topliss-reactive ketones (excluding diaryl/α,β-unsaturated/α-hetero) is 1. The fourth-order valence-corrected chi connectivity index (χ4v) is 4.73. The first-order valence-corrected chi connectivity index (χ1v) is 12.9. The molecule has 1 heterocycles. The van der Waals surface area contributed by atoms with Gasteiger partial charge in [-0.2, -0.15) is 0 Å². The number of benzene rings is 3. The molecule has 1 aliphatic rings. The van der Waals surface area contributed by atoms with Gasteiger partial charge in [-0.1, -0.05) is 36.4 Å². The van der Waals surface area contributed by atoms with E-state index < -0.39 is 0 Å². The minimum Gasteiger partial charge on any atom is -0.496 e. The number of likely N-dealkylation sites (tertiary alicyclic amines) is 1. The molecule has 1 aliphatic heterocycles. The van der Waals surface area contributed by atoms with E-state index in [1.807, 2.05) is 43.3 Å². The lowest BCUT2D eigenvalue weighted by molar-refractivity contribution is -0.123. The van der Waals surface area contributed by atoms with E-state index in [-0.39, 0.29) is 29.9 Å². The van der Waals surface area contributed by atoms with Crippen LogP contribution in [0.1, 0.15) is 50.2 Å². The van der Waals surface area contributed by atoms with E-state index in [0.29, 0.717) is 55.2 Å².